The number of furan rings is 1. The molecular weight excluding hydrogens is 216 g/mol. The molecule has 0 spiro atoms. The van der Waals surface area contributed by atoms with Gasteiger partial charge in [0.05, 0.1) is 11.8 Å². The second-order valence-electron chi connectivity index (χ2n) is 3.47. The molecule has 0 saturated carbocycles. The van der Waals surface area contributed by atoms with E-state index < -0.39 is 0 Å². The molecule has 0 aliphatic carbocycles. The minimum Gasteiger partial charge on any atom is -0.480 e. The van der Waals surface area contributed by atoms with Crippen LogP contribution in [0.5, 0.6) is 5.75 Å². The van der Waals surface area contributed by atoms with E-state index in [1.807, 2.05) is 6.07 Å². The van der Waals surface area contributed by atoms with Crippen LogP contribution in [0.25, 0.3) is 0 Å². The third kappa shape index (κ3) is 2.47. The lowest BCUT2D eigenvalue weighted by atomic mass is 10.2. The Morgan fingerprint density at radius 2 is 2.12 bits per heavy atom. The SMILES string of the molecule is N#Cc1ccccc1OC(CN)c1ccco1. The maximum Gasteiger partial charge on any atom is 0.168 e. The monoisotopic (exact) mass is 228 g/mol. The first-order chi connectivity index (χ1) is 8.35. The van der Waals surface area contributed by atoms with Gasteiger partial charge in [0.1, 0.15) is 17.6 Å². The second kappa shape index (κ2) is 5.19. The highest BCUT2D eigenvalue weighted by Gasteiger charge is 2.15. The number of hydrogen-bond acceptors (Lipinski definition) is 4. The van der Waals surface area contributed by atoms with Crippen molar-refractivity contribution in [2.45, 2.75) is 6.10 Å². The number of ether oxygens (including phenoxy) is 1. The van der Waals surface area contributed by atoms with Crippen LogP contribution < -0.4 is 10.5 Å². The van der Waals surface area contributed by atoms with E-state index in [0.717, 1.165) is 0 Å². The molecule has 0 saturated heterocycles. The van der Waals surface area contributed by atoms with Gasteiger partial charge in [-0.3, -0.25) is 0 Å². The van der Waals surface area contributed by atoms with Gasteiger partial charge in [-0.1, -0.05) is 12.1 Å². The molecular formula is C13H12N2O2. The van der Waals surface area contributed by atoms with Crippen LogP contribution in [0.15, 0.2) is 47.1 Å². The first kappa shape index (κ1) is 11.2. The summed E-state index contributed by atoms with van der Waals surface area (Å²) in [6, 6.07) is 12.7. The molecule has 0 radical (unpaired) electrons. The number of rotatable bonds is 4. The van der Waals surface area contributed by atoms with E-state index in [1.165, 1.54) is 0 Å². The van der Waals surface area contributed by atoms with Gasteiger partial charge in [-0.2, -0.15) is 5.26 Å². The number of para-hydroxylation sites is 1. The van der Waals surface area contributed by atoms with Crippen molar-refractivity contribution in [1.82, 2.24) is 0 Å². The Kier molecular flexibility index (Phi) is 3.43. The predicted octanol–water partition coefficient (Wildman–Crippen LogP) is 2.23. The molecule has 0 amide bonds. The summed E-state index contributed by atoms with van der Waals surface area (Å²) in [7, 11) is 0. The Bertz CT molecular complexity index is 514. The summed E-state index contributed by atoms with van der Waals surface area (Å²) in [5.74, 6) is 1.17. The standard InChI is InChI=1S/C13H12N2O2/c14-8-10-4-1-2-5-11(10)17-13(9-15)12-6-3-7-16-12/h1-7,13H,9,15H2. The molecule has 1 aromatic carbocycles. The van der Waals surface area contributed by atoms with E-state index in [0.29, 0.717) is 17.1 Å². The maximum absolute atomic E-state index is 8.95. The highest BCUT2D eigenvalue weighted by molar-refractivity contribution is 5.42. The van der Waals surface area contributed by atoms with Gasteiger partial charge in [-0.25, -0.2) is 0 Å². The van der Waals surface area contributed by atoms with E-state index in [1.54, 1.807) is 36.6 Å². The predicted molar refractivity (Wildman–Crippen MR) is 62.3 cm³/mol. The Morgan fingerprint density at radius 3 is 2.76 bits per heavy atom. The van der Waals surface area contributed by atoms with Crippen LogP contribution in [0.3, 0.4) is 0 Å². The van der Waals surface area contributed by atoms with Gasteiger partial charge in [0.2, 0.25) is 0 Å². The molecule has 1 unspecified atom stereocenters. The fourth-order valence-electron chi connectivity index (χ4n) is 1.51. The summed E-state index contributed by atoms with van der Waals surface area (Å²) < 4.78 is 10.9. The summed E-state index contributed by atoms with van der Waals surface area (Å²) in [6.45, 7) is 0.285. The Morgan fingerprint density at radius 1 is 1.29 bits per heavy atom. The number of nitriles is 1. The fraction of sp³-hybridized carbons (Fsp3) is 0.154. The lowest BCUT2D eigenvalue weighted by Gasteiger charge is -2.15. The van der Waals surface area contributed by atoms with Gasteiger partial charge in [0, 0.05) is 6.54 Å². The topological polar surface area (TPSA) is 72.2 Å². The third-order valence-corrected chi connectivity index (χ3v) is 2.35. The van der Waals surface area contributed by atoms with Crippen LogP contribution in [0, 0.1) is 11.3 Å². The molecule has 86 valence electrons. The molecule has 0 aliphatic rings. The van der Waals surface area contributed by atoms with Crippen LogP contribution in [0.4, 0.5) is 0 Å². The lowest BCUT2D eigenvalue weighted by Crippen LogP contribution is -2.18. The number of nitrogens with two attached hydrogens (primary N) is 1. The normalized spacial score (nSPS) is 11.8. The van der Waals surface area contributed by atoms with Crippen molar-refractivity contribution in [1.29, 1.82) is 5.26 Å². The van der Waals surface area contributed by atoms with Crippen molar-refractivity contribution in [2.75, 3.05) is 6.54 Å². The van der Waals surface area contributed by atoms with Gasteiger partial charge in [0.15, 0.2) is 6.10 Å². The molecule has 0 bridgehead atoms. The smallest absolute Gasteiger partial charge is 0.168 e. The van der Waals surface area contributed by atoms with Crippen LogP contribution in [0.2, 0.25) is 0 Å². The summed E-state index contributed by atoms with van der Waals surface area (Å²) in [5.41, 5.74) is 6.12. The number of hydrogen-bond donors (Lipinski definition) is 1. The molecule has 2 rings (SSSR count). The molecule has 1 atom stereocenters. The minimum atomic E-state index is -0.375. The average Bonchev–Trinajstić information content (AvgIpc) is 2.90. The molecule has 0 aliphatic heterocycles. The highest BCUT2D eigenvalue weighted by atomic mass is 16.5. The summed E-state index contributed by atoms with van der Waals surface area (Å²) in [4.78, 5) is 0. The molecule has 0 fully saturated rings. The summed E-state index contributed by atoms with van der Waals surface area (Å²) in [6.07, 6.45) is 1.19. The van der Waals surface area contributed by atoms with Crippen molar-refractivity contribution in [3.8, 4) is 11.8 Å². The van der Waals surface area contributed by atoms with E-state index in [2.05, 4.69) is 6.07 Å². The van der Waals surface area contributed by atoms with Crippen LogP contribution in [-0.2, 0) is 0 Å². The molecule has 4 heteroatoms. The van der Waals surface area contributed by atoms with E-state index in [4.69, 9.17) is 20.1 Å². The first-order valence-electron chi connectivity index (χ1n) is 5.24. The zero-order valence-electron chi connectivity index (χ0n) is 9.17. The average molecular weight is 228 g/mol. The van der Waals surface area contributed by atoms with Crippen molar-refractivity contribution in [3.63, 3.8) is 0 Å². The Labute approximate surface area is 99.2 Å². The van der Waals surface area contributed by atoms with Gasteiger partial charge in [-0.05, 0) is 24.3 Å². The Balaban J connectivity index is 2.22. The zero-order valence-corrected chi connectivity index (χ0v) is 9.17. The molecule has 4 nitrogen and oxygen atoms in total. The van der Waals surface area contributed by atoms with Gasteiger partial charge in [-0.15, -0.1) is 0 Å². The van der Waals surface area contributed by atoms with Crippen LogP contribution in [-0.4, -0.2) is 6.54 Å². The van der Waals surface area contributed by atoms with E-state index in [-0.39, 0.29) is 12.6 Å². The van der Waals surface area contributed by atoms with Crippen molar-refractivity contribution >= 4 is 0 Å². The molecule has 1 aromatic heterocycles. The number of benzene rings is 1. The summed E-state index contributed by atoms with van der Waals surface area (Å²) >= 11 is 0. The first-order valence-corrected chi connectivity index (χ1v) is 5.24. The number of nitrogens with zero attached hydrogens (tertiary/aromatic N) is 1. The maximum atomic E-state index is 8.95. The van der Waals surface area contributed by atoms with E-state index >= 15 is 0 Å². The van der Waals surface area contributed by atoms with Crippen molar-refractivity contribution in [2.24, 2.45) is 5.73 Å². The molecule has 2 N–H and O–H groups in total. The highest BCUT2D eigenvalue weighted by Crippen LogP contribution is 2.24. The minimum absolute atomic E-state index is 0.285. The largest absolute Gasteiger partial charge is 0.480 e. The van der Waals surface area contributed by atoms with Crippen LogP contribution >= 0.6 is 0 Å². The Hall–Kier alpha value is -2.25. The summed E-state index contributed by atoms with van der Waals surface area (Å²) in [5, 5.41) is 8.95. The fourth-order valence-corrected chi connectivity index (χ4v) is 1.51. The van der Waals surface area contributed by atoms with Crippen molar-refractivity contribution in [3.05, 3.63) is 54.0 Å². The molecule has 1 heterocycles. The third-order valence-electron chi connectivity index (χ3n) is 2.35. The van der Waals surface area contributed by atoms with Gasteiger partial charge >= 0.3 is 0 Å². The van der Waals surface area contributed by atoms with Crippen molar-refractivity contribution < 1.29 is 9.15 Å². The van der Waals surface area contributed by atoms with Gasteiger partial charge < -0.3 is 14.9 Å². The molecule has 2 aromatic rings. The van der Waals surface area contributed by atoms with Gasteiger partial charge in [0.25, 0.3) is 0 Å². The second-order valence-corrected chi connectivity index (χ2v) is 3.47. The lowest BCUT2D eigenvalue weighted by molar-refractivity contribution is 0.183. The molecule has 17 heavy (non-hydrogen) atoms. The quantitative estimate of drug-likeness (QED) is 0.870. The van der Waals surface area contributed by atoms with Crippen LogP contribution in [0.1, 0.15) is 17.4 Å². The van der Waals surface area contributed by atoms with E-state index in [9.17, 15) is 0 Å². The zero-order chi connectivity index (χ0) is 12.1.